The minimum Gasteiger partial charge on any atom is -0.368 e. The number of aromatic nitrogens is 1. The fraction of sp³-hybridized carbons (Fsp3) is 0.550. The standard InChI is InChI=1S/C20H25FN4O/c1-12-18-15(13(8-22)6-17(26)25(18)14-2-3-14)7-16(21)19(12)24-10-20(11-24)4-5-23-9-20/h6-7,14,23H,2-5,8-11,22H2,1H3. The fourth-order valence-corrected chi connectivity index (χ4v) is 4.96. The lowest BCUT2D eigenvalue weighted by Gasteiger charge is -2.49. The largest absolute Gasteiger partial charge is 0.368 e. The van der Waals surface area contributed by atoms with Crippen LogP contribution in [0.5, 0.6) is 0 Å². The molecule has 5 nitrogen and oxygen atoms in total. The molecule has 3 N–H and O–H groups in total. The highest BCUT2D eigenvalue weighted by molar-refractivity contribution is 5.90. The summed E-state index contributed by atoms with van der Waals surface area (Å²) in [6.45, 7) is 6.03. The first-order valence-corrected chi connectivity index (χ1v) is 9.56. The molecular weight excluding hydrogens is 331 g/mol. The predicted octanol–water partition coefficient (Wildman–Crippen LogP) is 2.04. The summed E-state index contributed by atoms with van der Waals surface area (Å²) in [4.78, 5) is 14.8. The maximum atomic E-state index is 15.1. The van der Waals surface area contributed by atoms with Crippen molar-refractivity contribution in [1.29, 1.82) is 0 Å². The molecule has 3 aliphatic rings. The molecule has 1 aromatic carbocycles. The molecule has 1 saturated carbocycles. The van der Waals surface area contributed by atoms with Crippen molar-refractivity contribution >= 4 is 16.6 Å². The van der Waals surface area contributed by atoms with Gasteiger partial charge in [0.15, 0.2) is 0 Å². The molecule has 138 valence electrons. The third-order valence-electron chi connectivity index (χ3n) is 6.42. The monoisotopic (exact) mass is 356 g/mol. The Balaban J connectivity index is 1.68. The van der Waals surface area contributed by atoms with Crippen molar-refractivity contribution in [3.05, 3.63) is 39.4 Å². The summed E-state index contributed by atoms with van der Waals surface area (Å²) in [5, 5.41) is 4.21. The van der Waals surface area contributed by atoms with Gasteiger partial charge in [-0.05, 0) is 49.9 Å². The van der Waals surface area contributed by atoms with Gasteiger partial charge in [0.1, 0.15) is 5.82 Å². The van der Waals surface area contributed by atoms with Crippen molar-refractivity contribution in [3.63, 3.8) is 0 Å². The summed E-state index contributed by atoms with van der Waals surface area (Å²) in [6, 6.07) is 3.42. The molecule has 26 heavy (non-hydrogen) atoms. The van der Waals surface area contributed by atoms with Gasteiger partial charge in [-0.1, -0.05) is 0 Å². The number of anilines is 1. The molecule has 0 radical (unpaired) electrons. The van der Waals surface area contributed by atoms with E-state index in [4.69, 9.17) is 5.73 Å². The normalized spacial score (nSPS) is 21.6. The zero-order valence-corrected chi connectivity index (χ0v) is 15.1. The molecule has 5 rings (SSSR count). The zero-order chi connectivity index (χ0) is 18.1. The zero-order valence-electron chi connectivity index (χ0n) is 15.1. The number of pyridine rings is 1. The molecule has 2 saturated heterocycles. The Bertz CT molecular complexity index is 949. The smallest absolute Gasteiger partial charge is 0.251 e. The lowest BCUT2D eigenvalue weighted by molar-refractivity contribution is 0.241. The van der Waals surface area contributed by atoms with E-state index in [2.05, 4.69) is 10.2 Å². The van der Waals surface area contributed by atoms with E-state index >= 15 is 4.39 Å². The Morgan fingerprint density at radius 2 is 2.12 bits per heavy atom. The Hall–Kier alpha value is -1.92. The molecule has 0 atom stereocenters. The molecule has 1 aromatic heterocycles. The second kappa shape index (κ2) is 5.54. The minimum atomic E-state index is -0.202. The molecule has 1 spiro atoms. The number of hydrogen-bond acceptors (Lipinski definition) is 4. The van der Waals surface area contributed by atoms with Crippen molar-refractivity contribution < 1.29 is 4.39 Å². The van der Waals surface area contributed by atoms with E-state index in [-0.39, 0.29) is 24.0 Å². The van der Waals surface area contributed by atoms with E-state index in [9.17, 15) is 4.79 Å². The molecular formula is C20H25FN4O. The number of nitrogens with two attached hydrogens (primary N) is 1. The van der Waals surface area contributed by atoms with Crippen LogP contribution in [0.25, 0.3) is 10.9 Å². The van der Waals surface area contributed by atoms with Crippen molar-refractivity contribution in [2.75, 3.05) is 31.1 Å². The third kappa shape index (κ3) is 2.25. The van der Waals surface area contributed by atoms with Gasteiger partial charge in [0.25, 0.3) is 5.56 Å². The molecule has 2 aliphatic heterocycles. The number of aryl methyl sites for hydroxylation is 1. The van der Waals surface area contributed by atoms with Crippen molar-refractivity contribution in [2.24, 2.45) is 11.1 Å². The van der Waals surface area contributed by atoms with Crippen LogP contribution in [0.1, 0.15) is 36.4 Å². The fourth-order valence-electron chi connectivity index (χ4n) is 4.96. The summed E-state index contributed by atoms with van der Waals surface area (Å²) in [7, 11) is 0. The van der Waals surface area contributed by atoms with E-state index < -0.39 is 0 Å². The van der Waals surface area contributed by atoms with Crippen LogP contribution in [0.15, 0.2) is 16.9 Å². The second-order valence-corrected chi connectivity index (χ2v) is 8.32. The minimum absolute atomic E-state index is 0.0128. The highest BCUT2D eigenvalue weighted by Gasteiger charge is 2.46. The van der Waals surface area contributed by atoms with E-state index in [1.54, 1.807) is 12.1 Å². The lowest BCUT2D eigenvalue weighted by atomic mass is 9.78. The summed E-state index contributed by atoms with van der Waals surface area (Å²) >= 11 is 0. The van der Waals surface area contributed by atoms with Crippen molar-refractivity contribution in [1.82, 2.24) is 9.88 Å². The number of nitrogens with one attached hydrogen (secondary N) is 1. The van der Waals surface area contributed by atoms with Gasteiger partial charge in [-0.3, -0.25) is 4.79 Å². The van der Waals surface area contributed by atoms with Crippen LogP contribution in [0, 0.1) is 18.2 Å². The summed E-state index contributed by atoms with van der Waals surface area (Å²) in [6.07, 6.45) is 3.19. The molecule has 6 heteroatoms. The molecule has 0 bridgehead atoms. The average molecular weight is 356 g/mol. The van der Waals surface area contributed by atoms with Crippen LogP contribution < -0.4 is 21.5 Å². The number of rotatable bonds is 3. The first-order valence-electron chi connectivity index (χ1n) is 9.56. The lowest BCUT2D eigenvalue weighted by Crippen LogP contribution is -2.58. The number of fused-ring (bicyclic) bond motifs is 1. The maximum Gasteiger partial charge on any atom is 0.251 e. The molecule has 0 unspecified atom stereocenters. The summed E-state index contributed by atoms with van der Waals surface area (Å²) in [5.41, 5.74) is 9.28. The Morgan fingerprint density at radius 1 is 1.35 bits per heavy atom. The molecule has 3 fully saturated rings. The number of halogens is 1. The van der Waals surface area contributed by atoms with E-state index in [0.717, 1.165) is 67.5 Å². The van der Waals surface area contributed by atoms with Gasteiger partial charge in [-0.2, -0.15) is 0 Å². The highest BCUT2D eigenvalue weighted by Crippen LogP contribution is 2.44. The van der Waals surface area contributed by atoms with Crippen molar-refractivity contribution in [3.8, 4) is 0 Å². The maximum absolute atomic E-state index is 15.1. The average Bonchev–Trinajstić information content (AvgIpc) is 3.29. The summed E-state index contributed by atoms with van der Waals surface area (Å²) < 4.78 is 17.0. The topological polar surface area (TPSA) is 63.3 Å². The van der Waals surface area contributed by atoms with Crippen molar-refractivity contribution in [2.45, 2.75) is 38.8 Å². The van der Waals surface area contributed by atoms with Gasteiger partial charge < -0.3 is 20.5 Å². The highest BCUT2D eigenvalue weighted by atomic mass is 19.1. The summed E-state index contributed by atoms with van der Waals surface area (Å²) in [5.74, 6) is -0.202. The Morgan fingerprint density at radius 3 is 2.73 bits per heavy atom. The van der Waals surface area contributed by atoms with E-state index in [1.807, 2.05) is 11.5 Å². The van der Waals surface area contributed by atoms with Crippen LogP contribution in [0.2, 0.25) is 0 Å². The Labute approximate surface area is 152 Å². The first-order chi connectivity index (χ1) is 12.5. The van der Waals surface area contributed by atoms with Gasteiger partial charge in [-0.15, -0.1) is 0 Å². The predicted molar refractivity (Wildman–Crippen MR) is 101 cm³/mol. The van der Waals surface area contributed by atoms with Gasteiger partial charge in [0, 0.05) is 49.1 Å². The SMILES string of the molecule is Cc1c(N2CC3(CCNC3)C2)c(F)cc2c(CN)cc(=O)n(C3CC3)c12. The van der Waals surface area contributed by atoms with Gasteiger partial charge in [0.05, 0.1) is 11.2 Å². The van der Waals surface area contributed by atoms with Gasteiger partial charge in [0.2, 0.25) is 0 Å². The van der Waals surface area contributed by atoms with Crippen LogP contribution in [0.4, 0.5) is 10.1 Å². The molecule has 3 heterocycles. The first kappa shape index (κ1) is 16.3. The quantitative estimate of drug-likeness (QED) is 0.883. The molecule has 0 amide bonds. The Kier molecular flexibility index (Phi) is 3.46. The second-order valence-electron chi connectivity index (χ2n) is 8.32. The van der Waals surface area contributed by atoms with Gasteiger partial charge >= 0.3 is 0 Å². The van der Waals surface area contributed by atoms with Crippen LogP contribution in [-0.4, -0.2) is 30.7 Å². The van der Waals surface area contributed by atoms with Gasteiger partial charge in [-0.25, -0.2) is 4.39 Å². The number of nitrogens with zero attached hydrogens (tertiary/aromatic N) is 2. The number of benzene rings is 1. The number of hydrogen-bond donors (Lipinski definition) is 2. The third-order valence-corrected chi connectivity index (χ3v) is 6.42. The van der Waals surface area contributed by atoms with E-state index in [0.29, 0.717) is 11.1 Å². The molecule has 1 aliphatic carbocycles. The van der Waals surface area contributed by atoms with Crippen LogP contribution in [-0.2, 0) is 6.54 Å². The van der Waals surface area contributed by atoms with Crippen LogP contribution in [0.3, 0.4) is 0 Å². The molecule has 2 aromatic rings. The van der Waals surface area contributed by atoms with Crippen LogP contribution >= 0.6 is 0 Å². The van der Waals surface area contributed by atoms with E-state index in [1.165, 1.54) is 0 Å².